The maximum Gasteiger partial charge on any atom is 0.339 e. The van der Waals surface area contributed by atoms with E-state index in [2.05, 4.69) is 13.2 Å². The van der Waals surface area contributed by atoms with Crippen LogP contribution in [0.4, 0.5) is 0 Å². The SMILES string of the molecule is C=C(C)C(=O)Sc1ccc(C=C(C)C(=O)Oc2ccc(SC(=O)C(=C)C)cc2)cc1. The van der Waals surface area contributed by atoms with Crippen molar-refractivity contribution in [3.63, 3.8) is 0 Å². The molecule has 0 aromatic heterocycles. The third-order valence-electron chi connectivity index (χ3n) is 3.74. The van der Waals surface area contributed by atoms with Gasteiger partial charge in [0.15, 0.2) is 0 Å². The third-order valence-corrected chi connectivity index (χ3v) is 5.82. The second-order valence-corrected chi connectivity index (χ2v) is 8.69. The first kappa shape index (κ1) is 23.4. The molecule has 2 rings (SSSR count). The van der Waals surface area contributed by atoms with Gasteiger partial charge in [0.1, 0.15) is 5.75 Å². The van der Waals surface area contributed by atoms with Crippen LogP contribution < -0.4 is 4.74 Å². The van der Waals surface area contributed by atoms with Gasteiger partial charge in [-0.3, -0.25) is 9.59 Å². The van der Waals surface area contributed by atoms with E-state index in [1.54, 1.807) is 51.1 Å². The van der Waals surface area contributed by atoms with Crippen LogP contribution >= 0.6 is 23.5 Å². The van der Waals surface area contributed by atoms with Crippen molar-refractivity contribution in [1.82, 2.24) is 0 Å². The first-order chi connectivity index (χ1) is 14.2. The highest BCUT2D eigenvalue weighted by Crippen LogP contribution is 2.25. The van der Waals surface area contributed by atoms with Gasteiger partial charge in [-0.25, -0.2) is 4.79 Å². The van der Waals surface area contributed by atoms with Crippen molar-refractivity contribution in [1.29, 1.82) is 0 Å². The summed E-state index contributed by atoms with van der Waals surface area (Å²) in [5.74, 6) is -0.0748. The van der Waals surface area contributed by atoms with Gasteiger partial charge in [0.05, 0.1) is 0 Å². The van der Waals surface area contributed by atoms with Crippen molar-refractivity contribution >= 4 is 45.8 Å². The average Bonchev–Trinajstić information content (AvgIpc) is 2.70. The van der Waals surface area contributed by atoms with Gasteiger partial charge >= 0.3 is 5.97 Å². The Bertz CT molecular complexity index is 1020. The van der Waals surface area contributed by atoms with Gasteiger partial charge in [-0.05, 0) is 103 Å². The summed E-state index contributed by atoms with van der Waals surface area (Å²) in [5.41, 5.74) is 2.23. The molecule has 154 valence electrons. The molecule has 0 saturated heterocycles. The fraction of sp³-hybridized carbons (Fsp3) is 0.125. The molecular formula is C24H22O4S2. The van der Waals surface area contributed by atoms with Crippen molar-refractivity contribution in [3.8, 4) is 5.75 Å². The molecule has 0 heterocycles. The van der Waals surface area contributed by atoms with Crippen LogP contribution in [-0.2, 0) is 14.4 Å². The molecule has 0 N–H and O–H groups in total. The van der Waals surface area contributed by atoms with E-state index in [9.17, 15) is 14.4 Å². The van der Waals surface area contributed by atoms with Crippen molar-refractivity contribution < 1.29 is 19.1 Å². The van der Waals surface area contributed by atoms with Crippen molar-refractivity contribution in [2.24, 2.45) is 0 Å². The van der Waals surface area contributed by atoms with E-state index in [1.165, 1.54) is 0 Å². The number of rotatable bonds is 7. The molecule has 2 aromatic carbocycles. The molecule has 0 radical (unpaired) electrons. The van der Waals surface area contributed by atoms with Crippen LogP contribution in [0.15, 0.2) is 88.2 Å². The highest BCUT2D eigenvalue weighted by molar-refractivity contribution is 8.14. The molecule has 0 amide bonds. The van der Waals surface area contributed by atoms with Crippen molar-refractivity contribution in [3.05, 3.63) is 84.0 Å². The fourth-order valence-electron chi connectivity index (χ4n) is 2.09. The van der Waals surface area contributed by atoms with E-state index in [4.69, 9.17) is 4.74 Å². The van der Waals surface area contributed by atoms with Gasteiger partial charge < -0.3 is 4.74 Å². The molecule has 0 aliphatic rings. The lowest BCUT2D eigenvalue weighted by molar-refractivity contribution is -0.130. The van der Waals surface area contributed by atoms with E-state index < -0.39 is 5.97 Å². The third kappa shape index (κ3) is 7.21. The standard InChI is InChI=1S/C24H22O4S2/c1-15(2)23(26)29-20-10-6-18(7-11-20)14-17(5)22(25)28-19-8-12-21(13-9-19)30-24(27)16(3)4/h6-14H,1,3H2,2,4-5H3. The summed E-state index contributed by atoms with van der Waals surface area (Å²) < 4.78 is 5.38. The van der Waals surface area contributed by atoms with Gasteiger partial charge in [-0.1, -0.05) is 25.3 Å². The maximum absolute atomic E-state index is 12.3. The van der Waals surface area contributed by atoms with E-state index in [1.807, 2.05) is 24.3 Å². The Morgan fingerprint density at radius 3 is 1.63 bits per heavy atom. The summed E-state index contributed by atoms with van der Waals surface area (Å²) >= 11 is 2.19. The Labute approximate surface area is 185 Å². The Balaban J connectivity index is 1.99. The van der Waals surface area contributed by atoms with Gasteiger partial charge in [0, 0.05) is 15.4 Å². The largest absolute Gasteiger partial charge is 0.423 e. The van der Waals surface area contributed by atoms with Gasteiger partial charge in [-0.15, -0.1) is 0 Å². The number of hydrogen-bond donors (Lipinski definition) is 0. The van der Waals surface area contributed by atoms with Crippen molar-refractivity contribution in [2.75, 3.05) is 0 Å². The molecule has 0 unspecified atom stereocenters. The predicted octanol–water partition coefficient (Wildman–Crippen LogP) is 6.09. The lowest BCUT2D eigenvalue weighted by atomic mass is 10.1. The van der Waals surface area contributed by atoms with Crippen molar-refractivity contribution in [2.45, 2.75) is 30.6 Å². The highest BCUT2D eigenvalue weighted by Gasteiger charge is 2.10. The van der Waals surface area contributed by atoms with Crippen LogP contribution in [0.1, 0.15) is 26.3 Å². The number of carbonyl (C=O) groups excluding carboxylic acids is 3. The Hall–Kier alpha value is -2.83. The number of ether oxygens (including phenoxy) is 1. The zero-order chi connectivity index (χ0) is 22.3. The average molecular weight is 439 g/mol. The molecule has 0 spiro atoms. The molecule has 30 heavy (non-hydrogen) atoms. The quantitative estimate of drug-likeness (QED) is 0.226. The zero-order valence-electron chi connectivity index (χ0n) is 17.1. The Morgan fingerprint density at radius 1 is 0.767 bits per heavy atom. The number of carbonyl (C=O) groups is 3. The summed E-state index contributed by atoms with van der Waals surface area (Å²) in [5, 5.41) is -0.182. The minimum absolute atomic E-state index is 0.0774. The maximum atomic E-state index is 12.3. The predicted molar refractivity (Wildman–Crippen MR) is 124 cm³/mol. The summed E-state index contributed by atoms with van der Waals surface area (Å²) in [6.45, 7) is 12.3. The first-order valence-electron chi connectivity index (χ1n) is 9.01. The molecular weight excluding hydrogens is 416 g/mol. The summed E-state index contributed by atoms with van der Waals surface area (Å²) in [6.07, 6.45) is 1.72. The molecule has 0 fully saturated rings. The summed E-state index contributed by atoms with van der Waals surface area (Å²) in [4.78, 5) is 37.3. The normalized spacial score (nSPS) is 11.0. The zero-order valence-corrected chi connectivity index (χ0v) is 18.7. The second-order valence-electron chi connectivity index (χ2n) is 6.60. The van der Waals surface area contributed by atoms with Gasteiger partial charge in [0.2, 0.25) is 10.2 Å². The Kier molecular flexibility index (Phi) is 8.45. The molecule has 0 saturated carbocycles. The smallest absolute Gasteiger partial charge is 0.339 e. The van der Waals surface area contributed by atoms with Crippen LogP contribution in [-0.4, -0.2) is 16.2 Å². The van der Waals surface area contributed by atoms with E-state index in [-0.39, 0.29) is 10.2 Å². The minimum Gasteiger partial charge on any atom is -0.423 e. The monoisotopic (exact) mass is 438 g/mol. The van der Waals surface area contributed by atoms with Crippen LogP contribution in [0.25, 0.3) is 6.08 Å². The van der Waals surface area contributed by atoms with E-state index in [0.717, 1.165) is 38.9 Å². The molecule has 2 aromatic rings. The number of benzene rings is 2. The topological polar surface area (TPSA) is 60.4 Å². The summed E-state index contributed by atoms with van der Waals surface area (Å²) in [6, 6.07) is 14.0. The fourth-order valence-corrected chi connectivity index (χ4v) is 3.41. The molecule has 4 nitrogen and oxygen atoms in total. The molecule has 0 aliphatic carbocycles. The van der Waals surface area contributed by atoms with Gasteiger partial charge in [0.25, 0.3) is 0 Å². The van der Waals surface area contributed by atoms with Crippen LogP contribution in [0, 0.1) is 0 Å². The molecule has 0 aliphatic heterocycles. The number of esters is 1. The number of thioether (sulfide) groups is 2. The Morgan fingerprint density at radius 2 is 1.20 bits per heavy atom. The first-order valence-corrected chi connectivity index (χ1v) is 10.6. The summed E-state index contributed by atoms with van der Waals surface area (Å²) in [7, 11) is 0. The van der Waals surface area contributed by atoms with Crippen LogP contribution in [0.3, 0.4) is 0 Å². The van der Waals surface area contributed by atoms with Crippen LogP contribution in [0.2, 0.25) is 0 Å². The molecule has 0 atom stereocenters. The minimum atomic E-state index is -0.468. The van der Waals surface area contributed by atoms with Gasteiger partial charge in [-0.2, -0.15) is 0 Å². The lowest BCUT2D eigenvalue weighted by Gasteiger charge is -2.06. The molecule has 0 bridgehead atoms. The van der Waals surface area contributed by atoms with Crippen LogP contribution in [0.5, 0.6) is 5.75 Å². The molecule has 6 heteroatoms. The highest BCUT2D eigenvalue weighted by atomic mass is 32.2. The van der Waals surface area contributed by atoms with E-state index >= 15 is 0 Å². The lowest BCUT2D eigenvalue weighted by Crippen LogP contribution is -2.09. The number of hydrogen-bond acceptors (Lipinski definition) is 6. The second kappa shape index (κ2) is 10.8. The van der Waals surface area contributed by atoms with E-state index in [0.29, 0.717) is 22.5 Å².